The Kier molecular flexibility index (Phi) is 50.0. The van der Waals surface area contributed by atoms with Crippen molar-refractivity contribution in [3.8, 4) is 0 Å². The molecule has 6 heteroatoms. The lowest BCUT2D eigenvalue weighted by Gasteiger charge is -2.18. The third-order valence-electron chi connectivity index (χ3n) is 10.9. The molecule has 0 saturated heterocycles. The summed E-state index contributed by atoms with van der Waals surface area (Å²) in [5.41, 5.74) is 0. The Balaban J connectivity index is 4.50. The molecular weight excluding hydrogens is 817 g/mol. The van der Waals surface area contributed by atoms with E-state index < -0.39 is 6.10 Å². The lowest BCUT2D eigenvalue weighted by atomic mass is 10.0. The molecule has 0 fully saturated rings. The molecule has 0 aromatic rings. The number of allylic oxidation sites excluding steroid dienone is 20. The number of carbonyl (C=O) groups excluding carboxylic acids is 3. The van der Waals surface area contributed by atoms with Crippen molar-refractivity contribution in [1.29, 1.82) is 0 Å². The van der Waals surface area contributed by atoms with E-state index in [4.69, 9.17) is 14.2 Å². The van der Waals surface area contributed by atoms with Crippen LogP contribution in [0.1, 0.15) is 220 Å². The third-order valence-corrected chi connectivity index (χ3v) is 10.9. The van der Waals surface area contributed by atoms with Crippen molar-refractivity contribution in [2.45, 2.75) is 226 Å². The number of hydrogen-bond donors (Lipinski definition) is 0. The van der Waals surface area contributed by atoms with E-state index in [-0.39, 0.29) is 37.5 Å². The van der Waals surface area contributed by atoms with Crippen LogP contribution in [0.5, 0.6) is 0 Å². The average Bonchev–Trinajstić information content (AvgIpc) is 3.31. The standard InChI is InChI=1S/C60H96O6/c1-4-7-10-13-16-19-22-24-26-28-30-32-33-35-38-41-44-47-50-53-59(62)65-56-57(55-64-58(61)52-49-46-43-40-37-21-18-15-12-9-6-3)66-60(63)54-51-48-45-42-39-36-34-31-29-27-25-23-20-17-14-11-8-5-2/h7,9-10,12-13,16,18-19,21-22,24,26,28,30,32-33,35,38,40,43,57H,4-6,8,11,14-15,17,20,23,25,27,29,31,34,36-37,39,41-42,44-56H2,1-3H3/b10-7-,12-9-,16-13-,21-18-,22-19-,26-24-,30-28+,33-32-,38-35-,43-40-. The van der Waals surface area contributed by atoms with Crippen molar-refractivity contribution in [3.05, 3.63) is 122 Å². The van der Waals surface area contributed by atoms with Gasteiger partial charge in [-0.15, -0.1) is 0 Å². The van der Waals surface area contributed by atoms with E-state index in [9.17, 15) is 14.4 Å². The highest BCUT2D eigenvalue weighted by atomic mass is 16.6. The van der Waals surface area contributed by atoms with Crippen LogP contribution in [0.4, 0.5) is 0 Å². The van der Waals surface area contributed by atoms with E-state index in [1.807, 2.05) is 72.9 Å². The van der Waals surface area contributed by atoms with Crippen molar-refractivity contribution in [2.75, 3.05) is 13.2 Å². The largest absolute Gasteiger partial charge is 0.462 e. The third kappa shape index (κ3) is 50.8. The molecular formula is C60H96O6. The molecule has 6 nitrogen and oxygen atoms in total. The van der Waals surface area contributed by atoms with Crippen LogP contribution in [0.15, 0.2) is 122 Å². The second-order valence-electron chi connectivity index (χ2n) is 17.2. The van der Waals surface area contributed by atoms with Crippen LogP contribution in [-0.2, 0) is 28.6 Å². The Morgan fingerprint density at radius 3 is 1.15 bits per heavy atom. The highest BCUT2D eigenvalue weighted by Crippen LogP contribution is 2.15. The van der Waals surface area contributed by atoms with E-state index >= 15 is 0 Å². The summed E-state index contributed by atoms with van der Waals surface area (Å²) in [7, 11) is 0. The highest BCUT2D eigenvalue weighted by Gasteiger charge is 2.19. The van der Waals surface area contributed by atoms with Crippen LogP contribution in [0.3, 0.4) is 0 Å². The van der Waals surface area contributed by atoms with Gasteiger partial charge in [-0.25, -0.2) is 0 Å². The quantitative estimate of drug-likeness (QED) is 0.0199. The van der Waals surface area contributed by atoms with Crippen molar-refractivity contribution in [3.63, 3.8) is 0 Å². The van der Waals surface area contributed by atoms with Crippen LogP contribution in [0.2, 0.25) is 0 Å². The average molecular weight is 913 g/mol. The topological polar surface area (TPSA) is 78.9 Å². The summed E-state index contributed by atoms with van der Waals surface area (Å²) in [6.45, 7) is 6.28. The first-order chi connectivity index (χ1) is 32.5. The van der Waals surface area contributed by atoms with Crippen molar-refractivity contribution in [2.24, 2.45) is 0 Å². The number of rotatable bonds is 46. The molecule has 0 rings (SSSR count). The highest BCUT2D eigenvalue weighted by molar-refractivity contribution is 5.71. The first-order valence-corrected chi connectivity index (χ1v) is 26.6. The van der Waals surface area contributed by atoms with E-state index in [1.54, 1.807) is 0 Å². The Bertz CT molecular complexity index is 1420. The Hall–Kier alpha value is -4.19. The molecule has 1 unspecified atom stereocenters. The molecule has 0 spiro atoms. The van der Waals surface area contributed by atoms with Gasteiger partial charge in [-0.2, -0.15) is 0 Å². The lowest BCUT2D eigenvalue weighted by Crippen LogP contribution is -2.30. The summed E-state index contributed by atoms with van der Waals surface area (Å²) in [6.07, 6.45) is 73.4. The summed E-state index contributed by atoms with van der Waals surface area (Å²) in [6, 6.07) is 0. The van der Waals surface area contributed by atoms with Crippen LogP contribution < -0.4 is 0 Å². The van der Waals surface area contributed by atoms with Gasteiger partial charge in [-0.1, -0.05) is 258 Å². The Morgan fingerprint density at radius 1 is 0.333 bits per heavy atom. The predicted molar refractivity (Wildman–Crippen MR) is 283 cm³/mol. The maximum absolute atomic E-state index is 12.8. The minimum Gasteiger partial charge on any atom is -0.462 e. The molecule has 0 heterocycles. The van der Waals surface area contributed by atoms with Gasteiger partial charge >= 0.3 is 17.9 Å². The van der Waals surface area contributed by atoms with Gasteiger partial charge in [-0.05, 0) is 64.2 Å². The first-order valence-electron chi connectivity index (χ1n) is 26.6. The lowest BCUT2D eigenvalue weighted by molar-refractivity contribution is -0.167. The van der Waals surface area contributed by atoms with Gasteiger partial charge in [0, 0.05) is 19.3 Å². The van der Waals surface area contributed by atoms with Gasteiger partial charge in [0.05, 0.1) is 0 Å². The van der Waals surface area contributed by atoms with Gasteiger partial charge in [0.1, 0.15) is 13.2 Å². The van der Waals surface area contributed by atoms with Gasteiger partial charge in [0.2, 0.25) is 0 Å². The molecule has 0 N–H and O–H groups in total. The second-order valence-corrected chi connectivity index (χ2v) is 17.2. The van der Waals surface area contributed by atoms with Crippen LogP contribution in [-0.4, -0.2) is 37.2 Å². The Morgan fingerprint density at radius 2 is 0.682 bits per heavy atom. The zero-order valence-electron chi connectivity index (χ0n) is 42.4. The molecule has 372 valence electrons. The summed E-state index contributed by atoms with van der Waals surface area (Å²) in [4.78, 5) is 38.0. The molecule has 0 aliphatic rings. The summed E-state index contributed by atoms with van der Waals surface area (Å²) < 4.78 is 16.7. The molecule has 0 amide bonds. The van der Waals surface area contributed by atoms with Crippen molar-refractivity contribution in [1.82, 2.24) is 0 Å². The van der Waals surface area contributed by atoms with Gasteiger partial charge in [-0.3, -0.25) is 14.4 Å². The fourth-order valence-electron chi connectivity index (χ4n) is 6.98. The SMILES string of the molecule is CC\C=C/C=C\C=C/C=C\C=C\C=C/C=C\CCCCCC(=O)OCC(COC(=O)CCC/C=C\C/C=C\C/C=C\CC)OC(=O)CCCCCCCCCCCCCCCCCCCC. The molecule has 0 aliphatic heterocycles. The number of ether oxygens (including phenoxy) is 3. The van der Waals surface area contributed by atoms with Crippen molar-refractivity contribution < 1.29 is 28.6 Å². The number of hydrogen-bond acceptors (Lipinski definition) is 6. The second kappa shape index (κ2) is 53.4. The molecule has 0 bridgehead atoms. The number of unbranched alkanes of at least 4 members (excludes halogenated alkanes) is 21. The van der Waals surface area contributed by atoms with Gasteiger partial charge < -0.3 is 14.2 Å². The van der Waals surface area contributed by atoms with Gasteiger partial charge in [0.15, 0.2) is 6.10 Å². The minimum absolute atomic E-state index is 0.119. The fraction of sp³-hybridized carbons (Fsp3) is 0.617. The number of esters is 3. The number of carbonyl (C=O) groups is 3. The van der Waals surface area contributed by atoms with Crippen LogP contribution in [0, 0.1) is 0 Å². The molecule has 0 aromatic heterocycles. The van der Waals surface area contributed by atoms with E-state index in [0.717, 1.165) is 77.0 Å². The minimum atomic E-state index is -0.818. The maximum atomic E-state index is 12.8. The molecule has 0 aliphatic carbocycles. The summed E-state index contributed by atoms with van der Waals surface area (Å²) >= 11 is 0. The molecule has 0 aromatic carbocycles. The van der Waals surface area contributed by atoms with E-state index in [0.29, 0.717) is 19.3 Å². The normalized spacial score (nSPS) is 13.1. The van der Waals surface area contributed by atoms with E-state index in [1.165, 1.54) is 96.3 Å². The molecule has 0 saturated carbocycles. The summed E-state index contributed by atoms with van der Waals surface area (Å²) in [5.74, 6) is -1.02. The zero-order chi connectivity index (χ0) is 47.9. The molecule has 1 atom stereocenters. The van der Waals surface area contributed by atoms with Gasteiger partial charge in [0.25, 0.3) is 0 Å². The van der Waals surface area contributed by atoms with E-state index in [2.05, 4.69) is 69.4 Å². The maximum Gasteiger partial charge on any atom is 0.306 e. The van der Waals surface area contributed by atoms with Crippen LogP contribution in [0.25, 0.3) is 0 Å². The zero-order valence-corrected chi connectivity index (χ0v) is 42.4. The smallest absolute Gasteiger partial charge is 0.306 e. The monoisotopic (exact) mass is 913 g/mol. The molecule has 0 radical (unpaired) electrons. The fourth-order valence-corrected chi connectivity index (χ4v) is 6.98. The van der Waals surface area contributed by atoms with Crippen LogP contribution >= 0.6 is 0 Å². The summed E-state index contributed by atoms with van der Waals surface area (Å²) in [5, 5.41) is 0. The Labute approximate surface area is 405 Å². The van der Waals surface area contributed by atoms with Crippen molar-refractivity contribution >= 4 is 17.9 Å². The first kappa shape index (κ1) is 61.8. The molecule has 66 heavy (non-hydrogen) atoms. The predicted octanol–water partition coefficient (Wildman–Crippen LogP) is 17.7.